The van der Waals surface area contributed by atoms with Crippen molar-refractivity contribution >= 4 is 5.69 Å². The van der Waals surface area contributed by atoms with Gasteiger partial charge in [0.25, 0.3) is 0 Å². The number of hydrogen-bond donors (Lipinski definition) is 2. The second kappa shape index (κ2) is 5.24. The molecule has 1 fully saturated rings. The molecule has 0 bridgehead atoms. The van der Waals surface area contributed by atoms with Crippen molar-refractivity contribution in [3.8, 4) is 5.75 Å². The van der Waals surface area contributed by atoms with Crippen LogP contribution in [0.25, 0.3) is 0 Å². The Balaban J connectivity index is 2.10. The summed E-state index contributed by atoms with van der Waals surface area (Å²) < 4.78 is 0. The Kier molecular flexibility index (Phi) is 3.70. The zero-order chi connectivity index (χ0) is 11.4. The first-order valence-corrected chi connectivity index (χ1v) is 6.30. The maximum atomic E-state index is 9.76. The molecule has 0 aromatic heterocycles. The quantitative estimate of drug-likeness (QED) is 0.762. The van der Waals surface area contributed by atoms with Gasteiger partial charge >= 0.3 is 0 Å². The van der Waals surface area contributed by atoms with Crippen molar-refractivity contribution in [3.05, 3.63) is 23.8 Å². The predicted molar refractivity (Wildman–Crippen MR) is 67.9 cm³/mol. The first kappa shape index (κ1) is 11.3. The monoisotopic (exact) mass is 219 g/mol. The van der Waals surface area contributed by atoms with Gasteiger partial charge in [0.2, 0.25) is 0 Å². The van der Waals surface area contributed by atoms with E-state index in [1.807, 2.05) is 13.1 Å². The first-order valence-electron chi connectivity index (χ1n) is 6.30. The van der Waals surface area contributed by atoms with Crippen LogP contribution in [0, 0.1) is 5.92 Å². The van der Waals surface area contributed by atoms with Gasteiger partial charge in [0.05, 0.1) is 5.69 Å². The van der Waals surface area contributed by atoms with Gasteiger partial charge in [-0.05, 0) is 24.0 Å². The lowest BCUT2D eigenvalue weighted by Crippen LogP contribution is -2.10. The Bertz CT molecular complexity index is 343. The van der Waals surface area contributed by atoms with Crippen LogP contribution in [0.4, 0.5) is 5.69 Å². The van der Waals surface area contributed by atoms with E-state index in [9.17, 15) is 5.11 Å². The Labute approximate surface area is 97.7 Å². The van der Waals surface area contributed by atoms with Crippen LogP contribution in [0.15, 0.2) is 18.2 Å². The minimum atomic E-state index is 0.371. The van der Waals surface area contributed by atoms with Gasteiger partial charge in [0.15, 0.2) is 0 Å². The summed E-state index contributed by atoms with van der Waals surface area (Å²) in [6, 6.07) is 5.81. The van der Waals surface area contributed by atoms with Crippen molar-refractivity contribution in [1.29, 1.82) is 0 Å². The standard InChI is InChI=1S/C14H21NO/c1-15-14-12(8-5-9-13(14)16)10-11-6-3-2-4-7-11/h5,8-9,11,15-16H,2-4,6-7,10H2,1H3. The number of hydrogen-bond acceptors (Lipinski definition) is 2. The molecule has 0 heterocycles. The highest BCUT2D eigenvalue weighted by atomic mass is 16.3. The van der Waals surface area contributed by atoms with Gasteiger partial charge in [-0.1, -0.05) is 44.2 Å². The van der Waals surface area contributed by atoms with Crippen LogP contribution >= 0.6 is 0 Å². The summed E-state index contributed by atoms with van der Waals surface area (Å²) in [6.07, 6.45) is 7.94. The van der Waals surface area contributed by atoms with Crippen molar-refractivity contribution in [3.63, 3.8) is 0 Å². The maximum Gasteiger partial charge on any atom is 0.138 e. The third-order valence-corrected chi connectivity index (χ3v) is 3.61. The van der Waals surface area contributed by atoms with Crippen LogP contribution in [0.2, 0.25) is 0 Å². The Morgan fingerprint density at radius 3 is 2.69 bits per heavy atom. The van der Waals surface area contributed by atoms with E-state index in [1.54, 1.807) is 6.07 Å². The molecule has 2 rings (SSSR count). The first-order chi connectivity index (χ1) is 7.81. The highest BCUT2D eigenvalue weighted by molar-refractivity contribution is 5.61. The van der Waals surface area contributed by atoms with Gasteiger partial charge in [-0.2, -0.15) is 0 Å². The normalized spacial score (nSPS) is 17.3. The van der Waals surface area contributed by atoms with E-state index in [4.69, 9.17) is 0 Å². The average Bonchev–Trinajstić information content (AvgIpc) is 2.31. The van der Waals surface area contributed by atoms with E-state index >= 15 is 0 Å². The van der Waals surface area contributed by atoms with Gasteiger partial charge in [0.1, 0.15) is 5.75 Å². The molecule has 1 aliphatic rings. The molecule has 88 valence electrons. The van der Waals surface area contributed by atoms with Crippen LogP contribution in [-0.4, -0.2) is 12.2 Å². The lowest BCUT2D eigenvalue weighted by atomic mass is 9.84. The highest BCUT2D eigenvalue weighted by Crippen LogP contribution is 2.32. The average molecular weight is 219 g/mol. The number of phenols is 1. The van der Waals surface area contributed by atoms with Crippen molar-refractivity contribution in [2.24, 2.45) is 5.92 Å². The minimum Gasteiger partial charge on any atom is -0.506 e. The molecule has 1 aliphatic carbocycles. The van der Waals surface area contributed by atoms with Gasteiger partial charge in [-0.3, -0.25) is 0 Å². The third-order valence-electron chi connectivity index (χ3n) is 3.61. The Morgan fingerprint density at radius 1 is 1.25 bits per heavy atom. The second-order valence-corrected chi connectivity index (χ2v) is 4.77. The van der Waals surface area contributed by atoms with E-state index in [1.165, 1.54) is 37.7 Å². The van der Waals surface area contributed by atoms with Gasteiger partial charge < -0.3 is 10.4 Å². The number of aromatic hydroxyl groups is 1. The molecule has 0 saturated heterocycles. The molecule has 0 aliphatic heterocycles. The molecule has 2 heteroatoms. The number of nitrogens with one attached hydrogen (secondary N) is 1. The summed E-state index contributed by atoms with van der Waals surface area (Å²) in [5.41, 5.74) is 2.17. The molecule has 0 atom stereocenters. The number of benzene rings is 1. The molecule has 2 nitrogen and oxygen atoms in total. The Hall–Kier alpha value is -1.18. The van der Waals surface area contributed by atoms with E-state index < -0.39 is 0 Å². The molecule has 16 heavy (non-hydrogen) atoms. The summed E-state index contributed by atoms with van der Waals surface area (Å²) >= 11 is 0. The van der Waals surface area contributed by atoms with Crippen molar-refractivity contribution in [1.82, 2.24) is 0 Å². The zero-order valence-electron chi connectivity index (χ0n) is 10.00. The van der Waals surface area contributed by atoms with Crippen LogP contribution in [0.5, 0.6) is 5.75 Å². The summed E-state index contributed by atoms with van der Waals surface area (Å²) in [6.45, 7) is 0. The largest absolute Gasteiger partial charge is 0.506 e. The van der Waals surface area contributed by atoms with Crippen molar-refractivity contribution < 1.29 is 5.11 Å². The molecule has 0 spiro atoms. The lowest BCUT2D eigenvalue weighted by molar-refractivity contribution is 0.356. The summed E-state index contributed by atoms with van der Waals surface area (Å²) in [7, 11) is 1.87. The minimum absolute atomic E-state index is 0.371. The summed E-state index contributed by atoms with van der Waals surface area (Å²) in [5.74, 6) is 1.18. The van der Waals surface area contributed by atoms with Gasteiger partial charge in [-0.25, -0.2) is 0 Å². The van der Waals surface area contributed by atoms with E-state index in [-0.39, 0.29) is 0 Å². The third kappa shape index (κ3) is 2.49. The topological polar surface area (TPSA) is 32.3 Å². The van der Waals surface area contributed by atoms with Crippen LogP contribution < -0.4 is 5.32 Å². The van der Waals surface area contributed by atoms with E-state index in [0.717, 1.165) is 18.0 Å². The van der Waals surface area contributed by atoms with Crippen LogP contribution in [0.3, 0.4) is 0 Å². The highest BCUT2D eigenvalue weighted by Gasteiger charge is 2.16. The molecule has 0 unspecified atom stereocenters. The fourth-order valence-corrected chi connectivity index (χ4v) is 2.75. The SMILES string of the molecule is CNc1c(O)cccc1CC1CCCCC1. The summed E-state index contributed by atoms with van der Waals surface area (Å²) in [5, 5.41) is 12.9. The molecule has 1 aromatic rings. The zero-order valence-corrected chi connectivity index (χ0v) is 10.00. The lowest BCUT2D eigenvalue weighted by Gasteiger charge is -2.22. The van der Waals surface area contributed by atoms with Crippen LogP contribution in [-0.2, 0) is 6.42 Å². The molecular weight excluding hydrogens is 198 g/mol. The van der Waals surface area contributed by atoms with Crippen molar-refractivity contribution in [2.75, 3.05) is 12.4 Å². The number of rotatable bonds is 3. The maximum absolute atomic E-state index is 9.76. The molecular formula is C14H21NO. The Morgan fingerprint density at radius 2 is 2.00 bits per heavy atom. The fraction of sp³-hybridized carbons (Fsp3) is 0.571. The number of phenolic OH excluding ortho intramolecular Hbond substituents is 1. The number of anilines is 1. The van der Waals surface area contributed by atoms with Gasteiger partial charge in [0, 0.05) is 7.05 Å². The second-order valence-electron chi connectivity index (χ2n) is 4.77. The van der Waals surface area contributed by atoms with E-state index in [2.05, 4.69) is 11.4 Å². The summed E-state index contributed by atoms with van der Waals surface area (Å²) in [4.78, 5) is 0. The molecule has 2 N–H and O–H groups in total. The van der Waals surface area contributed by atoms with E-state index in [0.29, 0.717) is 5.75 Å². The molecule has 0 radical (unpaired) electrons. The smallest absolute Gasteiger partial charge is 0.138 e. The molecule has 1 aromatic carbocycles. The molecule has 1 saturated carbocycles. The molecule has 0 amide bonds. The van der Waals surface area contributed by atoms with Crippen LogP contribution in [0.1, 0.15) is 37.7 Å². The number of para-hydroxylation sites is 1. The van der Waals surface area contributed by atoms with Gasteiger partial charge in [-0.15, -0.1) is 0 Å². The predicted octanol–water partition coefficient (Wildman–Crippen LogP) is 3.56. The fourth-order valence-electron chi connectivity index (χ4n) is 2.75. The van der Waals surface area contributed by atoms with Crippen molar-refractivity contribution in [2.45, 2.75) is 38.5 Å².